The van der Waals surface area contributed by atoms with Crippen LogP contribution in [0.25, 0.3) is 0 Å². The van der Waals surface area contributed by atoms with E-state index in [1.807, 2.05) is 33.8 Å². The molecule has 0 N–H and O–H groups in total. The van der Waals surface area contributed by atoms with Crippen molar-refractivity contribution in [3.05, 3.63) is 17.2 Å². The maximum atomic E-state index is 6.27. The minimum Gasteiger partial charge on any atom is -0.495 e. The van der Waals surface area contributed by atoms with Gasteiger partial charge in [-0.2, -0.15) is 0 Å². The fourth-order valence-electron chi connectivity index (χ4n) is 2.07. The molecule has 0 saturated carbocycles. The molecule has 0 spiro atoms. The smallest absolute Gasteiger partial charge is 0.495 e. The second-order valence-corrected chi connectivity index (χ2v) is 6.17. The second-order valence-electron chi connectivity index (χ2n) is 5.79. The number of halogens is 1. The van der Waals surface area contributed by atoms with Gasteiger partial charge in [-0.25, -0.2) is 0 Å². The van der Waals surface area contributed by atoms with Gasteiger partial charge in [-0.3, -0.25) is 0 Å². The normalized spacial score (nSPS) is 20.1. The van der Waals surface area contributed by atoms with Crippen molar-refractivity contribution in [2.24, 2.45) is 0 Å². The van der Waals surface area contributed by atoms with Gasteiger partial charge in [0.25, 0.3) is 0 Å². The van der Waals surface area contributed by atoms with E-state index in [9.17, 15) is 0 Å². The molecule has 6 heteroatoms. The van der Waals surface area contributed by atoms with E-state index in [1.54, 1.807) is 20.3 Å². The molecule has 1 heterocycles. The van der Waals surface area contributed by atoms with Gasteiger partial charge in [0.1, 0.15) is 16.5 Å². The van der Waals surface area contributed by atoms with Crippen LogP contribution in [-0.2, 0) is 9.31 Å². The van der Waals surface area contributed by atoms with Crippen LogP contribution >= 0.6 is 11.6 Å². The van der Waals surface area contributed by atoms with E-state index in [2.05, 4.69) is 0 Å². The van der Waals surface area contributed by atoms with E-state index in [0.29, 0.717) is 16.5 Å². The Kier molecular flexibility index (Phi) is 3.97. The van der Waals surface area contributed by atoms with Gasteiger partial charge in [0.15, 0.2) is 0 Å². The molecule has 1 aliphatic rings. The van der Waals surface area contributed by atoms with Crippen LogP contribution in [0.3, 0.4) is 0 Å². The third-order valence-corrected chi connectivity index (χ3v) is 4.38. The molecule has 1 aromatic carbocycles. The van der Waals surface area contributed by atoms with Crippen LogP contribution in [0.15, 0.2) is 12.1 Å². The zero-order valence-corrected chi connectivity index (χ0v) is 13.5. The van der Waals surface area contributed by atoms with Gasteiger partial charge in [-0.05, 0) is 33.8 Å². The molecule has 0 aliphatic carbocycles. The minimum absolute atomic E-state index is 0.408. The molecule has 0 radical (unpaired) electrons. The zero-order valence-electron chi connectivity index (χ0n) is 12.7. The lowest BCUT2D eigenvalue weighted by molar-refractivity contribution is 0.00578. The SMILES string of the molecule is COc1ccc(B2OC(C)(C)C(C)(C)O2)c(OC)c1Cl. The first-order valence-electron chi connectivity index (χ1n) is 6.49. The predicted octanol–water partition coefficient (Wildman–Crippen LogP) is 2.66. The summed E-state index contributed by atoms with van der Waals surface area (Å²) in [4.78, 5) is 0. The van der Waals surface area contributed by atoms with Crippen molar-refractivity contribution < 1.29 is 18.8 Å². The summed E-state index contributed by atoms with van der Waals surface area (Å²) in [5, 5.41) is 0.419. The van der Waals surface area contributed by atoms with Crippen LogP contribution in [0, 0.1) is 0 Å². The number of benzene rings is 1. The molecule has 0 atom stereocenters. The standard InChI is InChI=1S/C14H20BClO4/c1-13(2)14(3,4)20-15(19-13)9-7-8-10(17-5)11(16)12(9)18-6/h7-8H,1-6H3. The van der Waals surface area contributed by atoms with Crippen LogP contribution in [0.4, 0.5) is 0 Å². The van der Waals surface area contributed by atoms with Crippen molar-refractivity contribution in [2.75, 3.05) is 14.2 Å². The topological polar surface area (TPSA) is 36.9 Å². The van der Waals surface area contributed by atoms with E-state index < -0.39 is 18.3 Å². The average molecular weight is 299 g/mol. The highest BCUT2D eigenvalue weighted by molar-refractivity contribution is 6.63. The molecule has 2 rings (SSSR count). The van der Waals surface area contributed by atoms with Crippen LogP contribution in [0.2, 0.25) is 5.02 Å². The average Bonchev–Trinajstić information content (AvgIpc) is 2.58. The maximum absolute atomic E-state index is 6.27. The van der Waals surface area contributed by atoms with Gasteiger partial charge < -0.3 is 18.8 Å². The summed E-state index contributed by atoms with van der Waals surface area (Å²) in [6.45, 7) is 8.02. The highest BCUT2D eigenvalue weighted by Gasteiger charge is 2.52. The largest absolute Gasteiger partial charge is 0.498 e. The molecule has 0 unspecified atom stereocenters. The molecule has 20 heavy (non-hydrogen) atoms. The number of ether oxygens (including phenoxy) is 2. The fraction of sp³-hybridized carbons (Fsp3) is 0.571. The highest BCUT2D eigenvalue weighted by atomic mass is 35.5. The summed E-state index contributed by atoms with van der Waals surface area (Å²) in [5.41, 5.74) is -0.0542. The van der Waals surface area contributed by atoms with Crippen LogP contribution < -0.4 is 14.9 Å². The van der Waals surface area contributed by atoms with E-state index in [0.717, 1.165) is 5.46 Å². The molecule has 1 aromatic rings. The number of hydrogen-bond acceptors (Lipinski definition) is 4. The molecule has 0 bridgehead atoms. The van der Waals surface area contributed by atoms with Crippen LogP contribution in [0.5, 0.6) is 11.5 Å². The van der Waals surface area contributed by atoms with Crippen molar-refractivity contribution in [3.63, 3.8) is 0 Å². The summed E-state index contributed by atoms with van der Waals surface area (Å²) in [6, 6.07) is 3.64. The molecule has 1 saturated heterocycles. The Labute approximate surface area is 125 Å². The van der Waals surface area contributed by atoms with Crippen LogP contribution in [0.1, 0.15) is 27.7 Å². The Morgan fingerprint density at radius 2 is 1.55 bits per heavy atom. The van der Waals surface area contributed by atoms with Crippen molar-refractivity contribution in [1.82, 2.24) is 0 Å². The quantitative estimate of drug-likeness (QED) is 0.804. The number of rotatable bonds is 3. The Hall–Kier alpha value is -0.905. The lowest BCUT2D eigenvalue weighted by Crippen LogP contribution is -2.41. The summed E-state index contributed by atoms with van der Waals surface area (Å²) < 4.78 is 22.6. The van der Waals surface area contributed by atoms with Gasteiger partial charge in [-0.15, -0.1) is 0 Å². The molecule has 4 nitrogen and oxygen atoms in total. The molecular formula is C14H20BClO4. The summed E-state index contributed by atoms with van der Waals surface area (Å²) >= 11 is 6.27. The highest BCUT2D eigenvalue weighted by Crippen LogP contribution is 2.39. The van der Waals surface area contributed by atoms with Gasteiger partial charge in [0, 0.05) is 5.46 Å². The Balaban J connectivity index is 2.43. The Morgan fingerprint density at radius 3 is 2.00 bits per heavy atom. The third-order valence-electron chi connectivity index (χ3n) is 4.02. The van der Waals surface area contributed by atoms with Crippen molar-refractivity contribution in [2.45, 2.75) is 38.9 Å². The second kappa shape index (κ2) is 5.13. The van der Waals surface area contributed by atoms with Crippen molar-refractivity contribution in [3.8, 4) is 11.5 Å². The number of methoxy groups -OCH3 is 2. The summed E-state index contributed by atoms with van der Waals surface area (Å²) in [6.07, 6.45) is 0. The van der Waals surface area contributed by atoms with E-state index in [4.69, 9.17) is 30.4 Å². The van der Waals surface area contributed by atoms with Crippen molar-refractivity contribution in [1.29, 1.82) is 0 Å². The lowest BCUT2D eigenvalue weighted by Gasteiger charge is -2.32. The number of hydrogen-bond donors (Lipinski definition) is 0. The summed E-state index contributed by atoms with van der Waals surface area (Å²) in [7, 11) is 2.61. The van der Waals surface area contributed by atoms with Gasteiger partial charge in [0.05, 0.1) is 25.4 Å². The summed E-state index contributed by atoms with van der Waals surface area (Å²) in [5.74, 6) is 1.08. The minimum atomic E-state index is -0.515. The molecule has 0 amide bonds. The fourth-order valence-corrected chi connectivity index (χ4v) is 2.40. The molecule has 110 valence electrons. The zero-order chi connectivity index (χ0) is 15.1. The van der Waals surface area contributed by atoms with Crippen LogP contribution in [-0.4, -0.2) is 32.5 Å². The molecular weight excluding hydrogens is 278 g/mol. The first-order chi connectivity index (χ1) is 9.23. The monoisotopic (exact) mass is 298 g/mol. The molecule has 1 aliphatic heterocycles. The van der Waals surface area contributed by atoms with Crippen molar-refractivity contribution >= 4 is 24.2 Å². The Morgan fingerprint density at radius 1 is 1.00 bits per heavy atom. The van der Waals surface area contributed by atoms with E-state index in [-0.39, 0.29) is 0 Å². The Bertz CT molecular complexity index is 500. The van der Waals surface area contributed by atoms with Gasteiger partial charge >= 0.3 is 7.12 Å². The maximum Gasteiger partial charge on any atom is 0.498 e. The van der Waals surface area contributed by atoms with Gasteiger partial charge in [0.2, 0.25) is 0 Å². The van der Waals surface area contributed by atoms with E-state index >= 15 is 0 Å². The third kappa shape index (κ3) is 2.38. The predicted molar refractivity (Wildman–Crippen MR) is 80.3 cm³/mol. The first-order valence-corrected chi connectivity index (χ1v) is 6.87. The first kappa shape index (κ1) is 15.5. The molecule has 0 aromatic heterocycles. The molecule has 1 fully saturated rings. The lowest BCUT2D eigenvalue weighted by atomic mass is 9.78. The van der Waals surface area contributed by atoms with E-state index in [1.165, 1.54) is 0 Å². The van der Waals surface area contributed by atoms with Gasteiger partial charge in [-0.1, -0.05) is 17.7 Å².